The van der Waals surface area contributed by atoms with E-state index in [0.717, 1.165) is 0 Å². The Kier molecular flexibility index (Phi) is 25.4. The van der Waals surface area contributed by atoms with Gasteiger partial charge in [0.1, 0.15) is 30.3 Å². The minimum atomic E-state index is -9.23. The molecule has 0 amide bonds. The van der Waals surface area contributed by atoms with E-state index in [4.69, 9.17) is 4.74 Å². The normalized spacial score (nSPS) is 16.8. The van der Waals surface area contributed by atoms with Crippen LogP contribution in [0.5, 0.6) is 11.5 Å². The molecule has 0 aliphatic rings. The molecule has 588 valence electrons. The lowest BCUT2D eigenvalue weighted by atomic mass is 9.88. The van der Waals surface area contributed by atoms with Gasteiger partial charge in [-0.3, -0.25) is 0 Å². The third kappa shape index (κ3) is 14.9. The van der Waals surface area contributed by atoms with Gasteiger partial charge in [0.25, 0.3) is 0 Å². The summed E-state index contributed by atoms with van der Waals surface area (Å²) in [5.74, 6) is -184. The number of hydrogen-bond donors (Lipinski definition) is 1. The van der Waals surface area contributed by atoms with E-state index in [1.807, 2.05) is 0 Å². The van der Waals surface area contributed by atoms with Gasteiger partial charge in [0.05, 0.1) is 6.61 Å². The Labute approximate surface area is 511 Å². The van der Waals surface area contributed by atoms with Crippen molar-refractivity contribution < 1.29 is 248 Å². The van der Waals surface area contributed by atoms with Gasteiger partial charge in [-0.05, 0) is 43.5 Å². The van der Waals surface area contributed by atoms with E-state index >= 15 is 0 Å². The predicted molar refractivity (Wildman–Crippen MR) is 214 cm³/mol. The van der Waals surface area contributed by atoms with Crippen molar-refractivity contribution in [2.75, 3.05) is 33.0 Å². The van der Waals surface area contributed by atoms with Crippen molar-refractivity contribution in [1.82, 2.24) is 0 Å². The Bertz CT molecular complexity index is 2790. The van der Waals surface area contributed by atoms with Gasteiger partial charge in [0, 0.05) is 39.1 Å². The summed E-state index contributed by atoms with van der Waals surface area (Å²) < 4.78 is 721. The summed E-state index contributed by atoms with van der Waals surface area (Å²) in [6.07, 6.45) is -48.8. The summed E-state index contributed by atoms with van der Waals surface area (Å²) in [5, 5.41) is 9.44. The van der Waals surface area contributed by atoms with E-state index in [2.05, 4.69) is 14.2 Å². The Hall–Kier alpha value is -4.87. The standard InChI is InChI=1S/C43H29F51O5/c44-20(45,23(50,51)26(56,57)29(62,63)32(68,69)35(74,75)38(80,81)41(86,87)88)8-1-11-96-14-18(97-12-2-9-21(46,47)24(52,53)27(58,59)30(64,65)33(70,71)36(76,77)39(82,83)42(89,90)91)19(15-99-17-6-4-16(95)5-7-17)98-13-3-10-22(48,49)25(54,55)28(60,61)31(66,67)34(72,73)37(78,79)40(84,85)43(92,93)94/h4-7,18-19,95H,1-3,8-15H2/t18-,19+/m1/s1. The smallest absolute Gasteiger partial charge is 0.460 e. The fourth-order valence-electron chi connectivity index (χ4n) is 6.96. The molecule has 0 saturated heterocycles. The van der Waals surface area contributed by atoms with E-state index in [1.165, 1.54) is 0 Å². The van der Waals surface area contributed by atoms with Gasteiger partial charge in [-0.1, -0.05) is 0 Å². The molecule has 1 rings (SSSR count). The topological polar surface area (TPSA) is 57.2 Å². The zero-order valence-corrected chi connectivity index (χ0v) is 45.6. The molecule has 0 aliphatic heterocycles. The highest BCUT2D eigenvalue weighted by atomic mass is 19.5. The summed E-state index contributed by atoms with van der Waals surface area (Å²) in [5.41, 5.74) is 0. The molecule has 0 radical (unpaired) electrons. The lowest BCUT2D eigenvalue weighted by Gasteiger charge is -2.42. The molecule has 2 atom stereocenters. The van der Waals surface area contributed by atoms with Gasteiger partial charge in [-0.2, -0.15) is 224 Å². The van der Waals surface area contributed by atoms with Crippen LogP contribution in [-0.4, -0.2) is 193 Å². The highest BCUT2D eigenvalue weighted by molar-refractivity contribution is 5.30. The van der Waals surface area contributed by atoms with Crippen molar-refractivity contribution in [2.24, 2.45) is 0 Å². The molecule has 0 saturated carbocycles. The van der Waals surface area contributed by atoms with Crippen LogP contribution in [0.1, 0.15) is 38.5 Å². The van der Waals surface area contributed by atoms with E-state index in [9.17, 15) is 229 Å². The monoisotopic (exact) mass is 1590 g/mol. The number of phenols is 1. The number of halogens is 51. The maximum absolute atomic E-state index is 14.7. The van der Waals surface area contributed by atoms with Crippen molar-refractivity contribution in [1.29, 1.82) is 0 Å². The van der Waals surface area contributed by atoms with E-state index in [-0.39, 0.29) is 0 Å². The van der Waals surface area contributed by atoms with Crippen molar-refractivity contribution in [3.8, 4) is 11.5 Å². The van der Waals surface area contributed by atoms with Gasteiger partial charge in [0.2, 0.25) is 0 Å². The molecular formula is C43H29F51O5. The molecular weight excluding hydrogens is 1570 g/mol. The SMILES string of the molecule is Oc1ccc(OC[C@H](OCCCC(F)(F)C(F)(F)C(F)(F)C(F)(F)C(F)(F)C(F)(F)C(F)(F)C(F)(F)F)[C@@H](COCCCC(F)(F)C(F)(F)C(F)(F)C(F)(F)C(F)(F)C(F)(F)C(F)(F)C(F)(F)F)OCCCC(F)(F)C(F)(F)C(F)(F)C(F)(F)C(F)(F)C(F)(F)C(F)(F)C(F)(F)F)cc1. The zero-order chi connectivity index (χ0) is 79.7. The zero-order valence-electron chi connectivity index (χ0n) is 45.6. The van der Waals surface area contributed by atoms with Crippen LogP contribution in [-0.2, 0) is 14.2 Å². The number of rotatable bonds is 38. The number of alkyl halides is 51. The largest absolute Gasteiger partial charge is 0.508 e. The second kappa shape index (κ2) is 27.3. The minimum absolute atomic E-state index is 0.501. The van der Waals surface area contributed by atoms with Crippen molar-refractivity contribution >= 4 is 0 Å². The third-order valence-corrected chi connectivity index (χ3v) is 13.0. The number of ether oxygens (including phenoxy) is 4. The molecule has 99 heavy (non-hydrogen) atoms. The second-order valence-electron chi connectivity index (χ2n) is 20.0. The molecule has 0 spiro atoms. The third-order valence-electron chi connectivity index (χ3n) is 13.0. The van der Waals surface area contributed by atoms with Crippen molar-refractivity contribution in [3.05, 3.63) is 24.3 Å². The summed E-state index contributed by atoms with van der Waals surface area (Å²) >= 11 is 0. The van der Waals surface area contributed by atoms with E-state index < -0.39 is 238 Å². The van der Waals surface area contributed by atoms with Crippen LogP contribution in [0, 0.1) is 0 Å². The lowest BCUT2D eigenvalue weighted by Crippen LogP contribution is -2.74. The molecule has 0 aliphatic carbocycles. The quantitative estimate of drug-likeness (QED) is 0.0528. The first-order chi connectivity index (χ1) is 42.9. The Balaban J connectivity index is 4.01. The molecule has 1 aromatic rings. The Morgan fingerprint density at radius 1 is 0.242 bits per heavy atom. The Morgan fingerprint density at radius 3 is 0.657 bits per heavy atom. The minimum Gasteiger partial charge on any atom is -0.508 e. The number of hydrogen-bond acceptors (Lipinski definition) is 5. The summed E-state index contributed by atoms with van der Waals surface area (Å²) in [6.45, 7) is -10.9. The van der Waals surface area contributed by atoms with Crippen LogP contribution in [0.15, 0.2) is 24.3 Å². The molecule has 1 N–H and O–H groups in total. The first kappa shape index (κ1) is 92.1. The first-order valence-corrected chi connectivity index (χ1v) is 24.3. The molecule has 0 fully saturated rings. The second-order valence-corrected chi connectivity index (χ2v) is 20.0. The van der Waals surface area contributed by atoms with E-state index in [1.54, 1.807) is 0 Å². The van der Waals surface area contributed by atoms with Crippen molar-refractivity contribution in [2.45, 2.75) is 194 Å². The van der Waals surface area contributed by atoms with Crippen LogP contribution >= 0.6 is 0 Å². The molecule has 0 aromatic heterocycles. The highest BCUT2D eigenvalue weighted by Crippen LogP contribution is 2.68. The van der Waals surface area contributed by atoms with Gasteiger partial charge in [-0.15, -0.1) is 0 Å². The first-order valence-electron chi connectivity index (χ1n) is 24.3. The highest BCUT2D eigenvalue weighted by Gasteiger charge is 2.98. The molecule has 5 nitrogen and oxygen atoms in total. The molecule has 0 bridgehead atoms. The average Bonchev–Trinajstić information content (AvgIpc) is 0.708. The van der Waals surface area contributed by atoms with Crippen LogP contribution in [0.25, 0.3) is 0 Å². The van der Waals surface area contributed by atoms with Crippen LogP contribution in [0.3, 0.4) is 0 Å². The van der Waals surface area contributed by atoms with Gasteiger partial charge >= 0.3 is 143 Å². The Morgan fingerprint density at radius 2 is 0.434 bits per heavy atom. The predicted octanol–water partition coefficient (Wildman–Crippen LogP) is 19.9. The van der Waals surface area contributed by atoms with Crippen LogP contribution in [0.4, 0.5) is 224 Å². The summed E-state index contributed by atoms with van der Waals surface area (Å²) in [4.78, 5) is 0. The van der Waals surface area contributed by atoms with Crippen LogP contribution in [0.2, 0.25) is 0 Å². The maximum atomic E-state index is 14.7. The fraction of sp³-hybridized carbons (Fsp3) is 0.860. The molecule has 0 heterocycles. The van der Waals surface area contributed by atoms with E-state index in [0.29, 0.717) is 24.3 Å². The van der Waals surface area contributed by atoms with Crippen LogP contribution < -0.4 is 4.74 Å². The number of aromatic hydroxyl groups is 1. The molecule has 1 aromatic carbocycles. The lowest BCUT2D eigenvalue weighted by molar-refractivity contribution is -0.461. The molecule has 0 unspecified atom stereocenters. The molecule has 56 heteroatoms. The fourth-order valence-corrected chi connectivity index (χ4v) is 6.96. The average molecular weight is 1590 g/mol. The van der Waals surface area contributed by atoms with Gasteiger partial charge in [0.15, 0.2) is 0 Å². The maximum Gasteiger partial charge on any atom is 0.460 e. The number of benzene rings is 1. The number of phenolic OH excluding ortho intramolecular Hbond substituents is 1. The van der Waals surface area contributed by atoms with Crippen molar-refractivity contribution in [3.63, 3.8) is 0 Å². The summed E-state index contributed by atoms with van der Waals surface area (Å²) in [7, 11) is 0. The van der Waals surface area contributed by atoms with Gasteiger partial charge < -0.3 is 24.1 Å². The van der Waals surface area contributed by atoms with Gasteiger partial charge in [-0.25, -0.2) is 0 Å². The summed E-state index contributed by atoms with van der Waals surface area (Å²) in [6, 6.07) is 2.04.